The van der Waals surface area contributed by atoms with E-state index in [0.717, 1.165) is 17.0 Å². The third-order valence-electron chi connectivity index (χ3n) is 3.18. The van der Waals surface area contributed by atoms with Gasteiger partial charge in [-0.25, -0.2) is 4.98 Å². The van der Waals surface area contributed by atoms with Gasteiger partial charge in [-0.1, -0.05) is 11.3 Å². The fourth-order valence-corrected chi connectivity index (χ4v) is 3.10. The summed E-state index contributed by atoms with van der Waals surface area (Å²) in [6.07, 6.45) is 3.57. The zero-order valence-electron chi connectivity index (χ0n) is 10.9. The van der Waals surface area contributed by atoms with Crippen molar-refractivity contribution in [2.75, 3.05) is 11.9 Å². The van der Waals surface area contributed by atoms with Crippen LogP contribution in [0.1, 0.15) is 27.9 Å². The summed E-state index contributed by atoms with van der Waals surface area (Å²) in [5.74, 6) is -0.179. The molecule has 7 heteroatoms. The number of nitrogens with one attached hydrogen (secondary N) is 1. The molecule has 0 saturated heterocycles. The number of thiazole rings is 1. The first kappa shape index (κ1) is 12.9. The normalized spacial score (nSPS) is 13.9. The van der Waals surface area contributed by atoms with Gasteiger partial charge in [0.15, 0.2) is 5.13 Å². The lowest BCUT2D eigenvalue weighted by Gasteiger charge is -2.24. The van der Waals surface area contributed by atoms with E-state index in [1.807, 2.05) is 0 Å². The number of hydrogen-bond acceptors (Lipinski definition) is 5. The predicted octanol–water partition coefficient (Wildman–Crippen LogP) is 1.89. The Morgan fingerprint density at radius 1 is 1.50 bits per heavy atom. The van der Waals surface area contributed by atoms with E-state index < -0.39 is 0 Å². The van der Waals surface area contributed by atoms with Crippen LogP contribution in [-0.4, -0.2) is 28.2 Å². The van der Waals surface area contributed by atoms with Crippen molar-refractivity contribution in [3.05, 3.63) is 34.7 Å². The van der Waals surface area contributed by atoms with Gasteiger partial charge in [-0.15, -0.1) is 0 Å². The van der Waals surface area contributed by atoms with E-state index in [-0.39, 0.29) is 11.8 Å². The van der Waals surface area contributed by atoms with Crippen molar-refractivity contribution in [3.8, 4) is 0 Å². The number of amides is 2. The average Bonchev–Trinajstić information content (AvgIpc) is 3.06. The molecule has 0 spiro atoms. The number of fused-ring (bicyclic) bond motifs is 1. The molecule has 104 valence electrons. The summed E-state index contributed by atoms with van der Waals surface area (Å²) in [5, 5.41) is 3.31. The van der Waals surface area contributed by atoms with Gasteiger partial charge in [0.05, 0.1) is 24.1 Å². The summed E-state index contributed by atoms with van der Waals surface area (Å²) in [4.78, 5) is 30.5. The Labute approximate surface area is 119 Å². The molecular formula is C13H13N3O3S. The van der Waals surface area contributed by atoms with Crippen molar-refractivity contribution in [3.63, 3.8) is 0 Å². The Morgan fingerprint density at radius 3 is 3.05 bits per heavy atom. The molecule has 0 aromatic carbocycles. The molecule has 1 aliphatic rings. The maximum absolute atomic E-state index is 11.9. The number of aromatic nitrogens is 1. The van der Waals surface area contributed by atoms with Crippen LogP contribution in [0.25, 0.3) is 0 Å². The van der Waals surface area contributed by atoms with Crippen LogP contribution in [0.5, 0.6) is 0 Å². The molecule has 20 heavy (non-hydrogen) atoms. The van der Waals surface area contributed by atoms with Gasteiger partial charge in [-0.05, 0) is 6.07 Å². The minimum absolute atomic E-state index is 0.0630. The summed E-state index contributed by atoms with van der Waals surface area (Å²) in [5.41, 5.74) is 1.43. The zero-order valence-corrected chi connectivity index (χ0v) is 11.7. The van der Waals surface area contributed by atoms with E-state index >= 15 is 0 Å². The lowest BCUT2D eigenvalue weighted by molar-refractivity contribution is -0.129. The molecule has 3 heterocycles. The number of anilines is 1. The zero-order chi connectivity index (χ0) is 14.1. The number of rotatable bonds is 2. The maximum Gasteiger partial charge on any atom is 0.260 e. The van der Waals surface area contributed by atoms with Crippen LogP contribution in [0.15, 0.2) is 23.0 Å². The third-order valence-corrected chi connectivity index (χ3v) is 4.18. The second-order valence-electron chi connectivity index (χ2n) is 4.55. The smallest absolute Gasteiger partial charge is 0.260 e. The number of carbonyl (C=O) groups excluding carboxylic acids is 2. The van der Waals surface area contributed by atoms with Crippen LogP contribution >= 0.6 is 11.3 Å². The molecule has 0 bridgehead atoms. The molecular weight excluding hydrogens is 278 g/mol. The fraction of sp³-hybridized carbons (Fsp3) is 0.308. The molecule has 0 radical (unpaired) electrons. The van der Waals surface area contributed by atoms with Crippen molar-refractivity contribution in [1.82, 2.24) is 9.88 Å². The summed E-state index contributed by atoms with van der Waals surface area (Å²) in [7, 11) is 0. The average molecular weight is 291 g/mol. The van der Waals surface area contributed by atoms with Crippen LogP contribution in [0.3, 0.4) is 0 Å². The van der Waals surface area contributed by atoms with Gasteiger partial charge < -0.3 is 9.32 Å². The van der Waals surface area contributed by atoms with E-state index in [9.17, 15) is 9.59 Å². The van der Waals surface area contributed by atoms with Crippen LogP contribution in [0.4, 0.5) is 5.13 Å². The molecule has 2 aromatic heterocycles. The quantitative estimate of drug-likeness (QED) is 0.917. The number of carbonyl (C=O) groups is 2. The molecule has 0 fully saturated rings. The number of furan rings is 1. The third kappa shape index (κ3) is 2.44. The molecule has 0 unspecified atom stereocenters. The van der Waals surface area contributed by atoms with Crippen molar-refractivity contribution >= 4 is 28.3 Å². The Morgan fingerprint density at radius 2 is 2.35 bits per heavy atom. The summed E-state index contributed by atoms with van der Waals surface area (Å²) >= 11 is 1.41. The Bertz CT molecular complexity index is 648. The molecule has 2 aromatic rings. The molecule has 6 nitrogen and oxygen atoms in total. The fourth-order valence-electron chi connectivity index (χ4n) is 2.08. The first-order chi connectivity index (χ1) is 9.63. The highest BCUT2D eigenvalue weighted by atomic mass is 32.1. The van der Waals surface area contributed by atoms with Crippen LogP contribution in [0.2, 0.25) is 0 Å². The number of nitrogens with zero attached hydrogens (tertiary/aromatic N) is 2. The van der Waals surface area contributed by atoms with Crippen molar-refractivity contribution in [1.29, 1.82) is 0 Å². The number of hydrogen-bond donors (Lipinski definition) is 1. The second-order valence-corrected chi connectivity index (χ2v) is 5.63. The van der Waals surface area contributed by atoms with Crippen molar-refractivity contribution in [2.24, 2.45) is 0 Å². The van der Waals surface area contributed by atoms with Crippen molar-refractivity contribution in [2.45, 2.75) is 19.9 Å². The van der Waals surface area contributed by atoms with E-state index in [4.69, 9.17) is 4.42 Å². The van der Waals surface area contributed by atoms with Gasteiger partial charge >= 0.3 is 0 Å². The first-order valence-electron chi connectivity index (χ1n) is 6.21. The van der Waals surface area contributed by atoms with E-state index in [1.165, 1.54) is 23.9 Å². The Kier molecular flexibility index (Phi) is 3.27. The van der Waals surface area contributed by atoms with Gasteiger partial charge in [0, 0.05) is 24.8 Å². The minimum Gasteiger partial charge on any atom is -0.472 e. The van der Waals surface area contributed by atoms with E-state index in [2.05, 4.69) is 10.3 Å². The first-order valence-corrected chi connectivity index (χ1v) is 7.03. The molecule has 1 aliphatic heterocycles. The van der Waals surface area contributed by atoms with Gasteiger partial charge in [-0.3, -0.25) is 14.9 Å². The summed E-state index contributed by atoms with van der Waals surface area (Å²) < 4.78 is 4.87. The molecule has 3 rings (SSSR count). The highest BCUT2D eigenvalue weighted by Gasteiger charge is 2.22. The SMILES string of the molecule is CC(=O)N1CCc2nc(NC(=O)c3ccoc3)sc2C1. The standard InChI is InChI=1S/C13H13N3O3S/c1-8(17)16-4-2-10-11(6-16)20-13(14-10)15-12(18)9-3-5-19-7-9/h3,5,7H,2,4,6H2,1H3,(H,14,15,18). The van der Waals surface area contributed by atoms with Gasteiger partial charge in [0.25, 0.3) is 5.91 Å². The van der Waals surface area contributed by atoms with Crippen molar-refractivity contribution < 1.29 is 14.0 Å². The molecule has 0 atom stereocenters. The highest BCUT2D eigenvalue weighted by Crippen LogP contribution is 2.28. The monoisotopic (exact) mass is 291 g/mol. The largest absolute Gasteiger partial charge is 0.472 e. The molecule has 1 N–H and O–H groups in total. The highest BCUT2D eigenvalue weighted by molar-refractivity contribution is 7.15. The molecule has 2 amide bonds. The Balaban J connectivity index is 1.74. The van der Waals surface area contributed by atoms with E-state index in [1.54, 1.807) is 17.9 Å². The summed E-state index contributed by atoms with van der Waals surface area (Å²) in [6, 6.07) is 1.60. The van der Waals surface area contributed by atoms with Gasteiger partial charge in [-0.2, -0.15) is 0 Å². The maximum atomic E-state index is 11.9. The van der Waals surface area contributed by atoms with Crippen LogP contribution < -0.4 is 5.32 Å². The molecule has 0 saturated carbocycles. The van der Waals surface area contributed by atoms with Crippen LogP contribution in [0, 0.1) is 0 Å². The van der Waals surface area contributed by atoms with Gasteiger partial charge in [0.1, 0.15) is 6.26 Å². The lowest BCUT2D eigenvalue weighted by Crippen LogP contribution is -2.33. The second kappa shape index (κ2) is 5.09. The topological polar surface area (TPSA) is 75.4 Å². The summed E-state index contributed by atoms with van der Waals surface area (Å²) in [6.45, 7) is 2.82. The lowest BCUT2D eigenvalue weighted by atomic mass is 10.2. The van der Waals surface area contributed by atoms with E-state index in [0.29, 0.717) is 23.8 Å². The Hall–Kier alpha value is -2.15. The minimum atomic E-state index is -0.242. The van der Waals surface area contributed by atoms with Gasteiger partial charge in [0.2, 0.25) is 5.91 Å². The predicted molar refractivity (Wildman–Crippen MR) is 73.6 cm³/mol. The van der Waals surface area contributed by atoms with Crippen LogP contribution in [-0.2, 0) is 17.8 Å². The molecule has 0 aliphatic carbocycles.